The number of alkyl halides is 5. The third-order valence-electron chi connectivity index (χ3n) is 4.92. The minimum absolute atomic E-state index is 0.0431. The van der Waals surface area contributed by atoms with E-state index >= 15 is 0 Å². The lowest BCUT2D eigenvalue weighted by Crippen LogP contribution is -2.18. The number of hydrogen-bond donors (Lipinski definition) is 1. The molecule has 0 saturated heterocycles. The van der Waals surface area contributed by atoms with Gasteiger partial charge in [-0.3, -0.25) is 4.68 Å². The SMILES string of the molecule is Cc1cc(-c2nc(-c3ccc(OC(F)(F)F)c(F)c3)no2)nn1Cc1cccc(C(F)(F)CO)c1. The molecule has 0 aliphatic heterocycles. The summed E-state index contributed by atoms with van der Waals surface area (Å²) in [5.74, 6) is -5.78. The van der Waals surface area contributed by atoms with Gasteiger partial charge in [-0.2, -0.15) is 18.9 Å². The monoisotopic (exact) mass is 498 g/mol. The molecule has 0 aliphatic rings. The van der Waals surface area contributed by atoms with Gasteiger partial charge in [0, 0.05) is 16.8 Å². The van der Waals surface area contributed by atoms with Gasteiger partial charge in [-0.05, 0) is 42.8 Å². The van der Waals surface area contributed by atoms with E-state index in [0.29, 0.717) is 11.3 Å². The largest absolute Gasteiger partial charge is 0.573 e. The van der Waals surface area contributed by atoms with Gasteiger partial charge in [-0.15, -0.1) is 13.2 Å². The van der Waals surface area contributed by atoms with Crippen LogP contribution in [0.5, 0.6) is 5.75 Å². The smallest absolute Gasteiger partial charge is 0.403 e. The highest BCUT2D eigenvalue weighted by Gasteiger charge is 2.33. The first-order valence-corrected chi connectivity index (χ1v) is 9.97. The predicted molar refractivity (Wildman–Crippen MR) is 109 cm³/mol. The zero-order valence-electron chi connectivity index (χ0n) is 17.9. The van der Waals surface area contributed by atoms with E-state index in [4.69, 9.17) is 9.63 Å². The highest BCUT2D eigenvalue weighted by atomic mass is 19.4. The van der Waals surface area contributed by atoms with Gasteiger partial charge in [-0.1, -0.05) is 23.4 Å². The number of aryl methyl sites for hydroxylation is 1. The van der Waals surface area contributed by atoms with Gasteiger partial charge >= 0.3 is 6.36 Å². The van der Waals surface area contributed by atoms with Crippen LogP contribution in [-0.2, 0) is 12.5 Å². The first-order valence-electron chi connectivity index (χ1n) is 9.97. The molecule has 0 spiro atoms. The lowest BCUT2D eigenvalue weighted by molar-refractivity contribution is -0.275. The molecule has 0 bridgehead atoms. The summed E-state index contributed by atoms with van der Waals surface area (Å²) >= 11 is 0. The first-order chi connectivity index (χ1) is 16.4. The summed E-state index contributed by atoms with van der Waals surface area (Å²) in [6.07, 6.45) is -5.04. The fraction of sp³-hybridized carbons (Fsp3) is 0.227. The number of benzene rings is 2. The van der Waals surface area contributed by atoms with Gasteiger partial charge in [0.25, 0.3) is 11.8 Å². The van der Waals surface area contributed by atoms with E-state index in [1.165, 1.54) is 22.9 Å². The van der Waals surface area contributed by atoms with Crippen LogP contribution in [0.3, 0.4) is 0 Å². The van der Waals surface area contributed by atoms with Crippen LogP contribution >= 0.6 is 0 Å². The van der Waals surface area contributed by atoms with Crippen molar-refractivity contribution >= 4 is 0 Å². The number of aliphatic hydroxyl groups is 1. The summed E-state index contributed by atoms with van der Waals surface area (Å²) in [7, 11) is 0. The molecule has 13 heteroatoms. The maximum Gasteiger partial charge on any atom is 0.573 e. The standard InChI is InChI=1S/C22H16F6N4O3/c1-12-7-17(30-32(12)10-13-3-2-4-15(8-13)21(24,25)11-33)20-29-19(31-35-20)14-5-6-18(16(23)9-14)34-22(26,27)28/h2-9,33H,10-11H2,1H3. The van der Waals surface area contributed by atoms with Crippen LogP contribution in [0.25, 0.3) is 23.0 Å². The highest BCUT2D eigenvalue weighted by molar-refractivity contribution is 5.59. The van der Waals surface area contributed by atoms with E-state index in [0.717, 1.165) is 18.2 Å². The Morgan fingerprint density at radius 2 is 1.83 bits per heavy atom. The number of aliphatic hydroxyl groups excluding tert-OH is 1. The van der Waals surface area contributed by atoms with E-state index in [2.05, 4.69) is 20.0 Å². The van der Waals surface area contributed by atoms with Crippen molar-refractivity contribution in [3.8, 4) is 28.7 Å². The van der Waals surface area contributed by atoms with Crippen molar-refractivity contribution in [2.75, 3.05) is 6.61 Å². The Labute approximate surface area is 193 Å². The molecule has 0 fully saturated rings. The molecule has 35 heavy (non-hydrogen) atoms. The molecule has 0 aliphatic carbocycles. The molecule has 184 valence electrons. The Kier molecular flexibility index (Phi) is 6.28. The molecule has 2 aromatic carbocycles. The Bertz CT molecular complexity index is 1350. The minimum atomic E-state index is -5.04. The van der Waals surface area contributed by atoms with Gasteiger partial charge in [0.2, 0.25) is 5.82 Å². The first kappa shape index (κ1) is 24.3. The zero-order chi connectivity index (χ0) is 25.4. The fourth-order valence-electron chi connectivity index (χ4n) is 3.23. The van der Waals surface area contributed by atoms with Gasteiger partial charge in [0.05, 0.1) is 6.54 Å². The van der Waals surface area contributed by atoms with Crippen LogP contribution in [0.4, 0.5) is 26.3 Å². The van der Waals surface area contributed by atoms with Gasteiger partial charge in [0.1, 0.15) is 6.61 Å². The molecular weight excluding hydrogens is 482 g/mol. The molecule has 0 radical (unpaired) electrons. The van der Waals surface area contributed by atoms with Crippen molar-refractivity contribution < 1.29 is 40.7 Å². The topological polar surface area (TPSA) is 86.2 Å². The third-order valence-corrected chi connectivity index (χ3v) is 4.92. The average Bonchev–Trinajstić information content (AvgIpc) is 3.42. The number of ether oxygens (including phenoxy) is 1. The zero-order valence-corrected chi connectivity index (χ0v) is 17.9. The van der Waals surface area contributed by atoms with E-state index in [1.54, 1.807) is 19.1 Å². The third kappa shape index (κ3) is 5.45. The highest BCUT2D eigenvalue weighted by Crippen LogP contribution is 2.30. The number of halogens is 6. The van der Waals surface area contributed by atoms with Gasteiger partial charge < -0.3 is 14.4 Å². The van der Waals surface area contributed by atoms with Crippen molar-refractivity contribution in [3.63, 3.8) is 0 Å². The van der Waals surface area contributed by atoms with Crippen molar-refractivity contribution in [1.82, 2.24) is 19.9 Å². The molecule has 0 unspecified atom stereocenters. The van der Waals surface area contributed by atoms with E-state index in [-0.39, 0.29) is 35.1 Å². The van der Waals surface area contributed by atoms with Crippen molar-refractivity contribution in [2.45, 2.75) is 25.8 Å². The van der Waals surface area contributed by atoms with Gasteiger partial charge in [0.15, 0.2) is 17.3 Å². The molecule has 7 nitrogen and oxygen atoms in total. The number of rotatable bonds is 7. The summed E-state index contributed by atoms with van der Waals surface area (Å²) in [5, 5.41) is 16.9. The molecule has 2 heterocycles. The molecule has 4 aromatic rings. The van der Waals surface area contributed by atoms with Crippen molar-refractivity contribution in [1.29, 1.82) is 0 Å². The molecular formula is C22H16F6N4O3. The maximum absolute atomic E-state index is 14.0. The summed E-state index contributed by atoms with van der Waals surface area (Å²) in [6, 6.07) is 9.86. The van der Waals surface area contributed by atoms with E-state index in [9.17, 15) is 26.3 Å². The lowest BCUT2D eigenvalue weighted by Gasteiger charge is -2.14. The van der Waals surface area contributed by atoms with Gasteiger partial charge in [-0.25, -0.2) is 4.39 Å². The number of hydrogen-bond acceptors (Lipinski definition) is 6. The van der Waals surface area contributed by atoms with Crippen LogP contribution in [0.2, 0.25) is 0 Å². The molecule has 0 amide bonds. The molecule has 4 rings (SSSR count). The summed E-state index contributed by atoms with van der Waals surface area (Å²) < 4.78 is 88.8. The van der Waals surface area contributed by atoms with Crippen LogP contribution in [0.15, 0.2) is 53.1 Å². The fourth-order valence-corrected chi connectivity index (χ4v) is 3.23. The quantitative estimate of drug-likeness (QED) is 0.358. The minimum Gasteiger partial charge on any atom is -0.403 e. The summed E-state index contributed by atoms with van der Waals surface area (Å²) in [4.78, 5) is 4.10. The molecule has 0 saturated carbocycles. The predicted octanol–water partition coefficient (Wildman–Crippen LogP) is 5.08. The second kappa shape index (κ2) is 9.06. The van der Waals surface area contributed by atoms with E-state index in [1.807, 2.05) is 0 Å². The lowest BCUT2D eigenvalue weighted by atomic mass is 10.1. The number of aromatic nitrogens is 4. The second-order valence-electron chi connectivity index (χ2n) is 7.51. The average molecular weight is 498 g/mol. The second-order valence-corrected chi connectivity index (χ2v) is 7.51. The van der Waals surface area contributed by atoms with Crippen molar-refractivity contribution in [2.24, 2.45) is 0 Å². The Hall–Kier alpha value is -3.87. The number of nitrogens with zero attached hydrogens (tertiary/aromatic N) is 4. The molecule has 2 aromatic heterocycles. The van der Waals surface area contributed by atoms with Crippen molar-refractivity contribution in [3.05, 3.63) is 71.2 Å². The van der Waals surface area contributed by atoms with E-state index < -0.39 is 30.5 Å². The maximum atomic E-state index is 14.0. The Balaban J connectivity index is 1.55. The summed E-state index contributed by atoms with van der Waals surface area (Å²) in [5.41, 5.74) is 1.11. The summed E-state index contributed by atoms with van der Waals surface area (Å²) in [6.45, 7) is 0.533. The normalized spacial score (nSPS) is 12.2. The van der Waals surface area contributed by atoms with Crippen LogP contribution in [-0.4, -0.2) is 38.0 Å². The van der Waals surface area contributed by atoms with Crippen LogP contribution in [0.1, 0.15) is 16.8 Å². The van der Waals surface area contributed by atoms with Crippen LogP contribution < -0.4 is 4.74 Å². The Morgan fingerprint density at radius 3 is 2.51 bits per heavy atom. The molecule has 0 atom stereocenters. The Morgan fingerprint density at radius 1 is 1.06 bits per heavy atom. The molecule has 1 N–H and O–H groups in total. The van der Waals surface area contributed by atoms with Crippen LogP contribution in [0, 0.1) is 12.7 Å².